The third kappa shape index (κ3) is 10.6. The second-order valence-electron chi connectivity index (χ2n) is 5.32. The van der Waals surface area contributed by atoms with Gasteiger partial charge < -0.3 is 10.2 Å². The summed E-state index contributed by atoms with van der Waals surface area (Å²) >= 11 is 0. The summed E-state index contributed by atoms with van der Waals surface area (Å²) in [7, 11) is -1.23. The van der Waals surface area contributed by atoms with Crippen molar-refractivity contribution < 1.29 is 8.42 Å². The molecule has 20 heavy (non-hydrogen) atoms. The maximum Gasteiger partial charge on any atom is 0.211 e. The van der Waals surface area contributed by atoms with E-state index >= 15 is 0 Å². The molecule has 0 aromatic rings. The second-order valence-corrected chi connectivity index (χ2v) is 7.19. The first-order valence-electron chi connectivity index (χ1n) is 7.82. The largest absolute Gasteiger partial charge is 0.320 e. The highest BCUT2D eigenvalue weighted by Gasteiger charge is 2.14. The van der Waals surface area contributed by atoms with Crippen molar-refractivity contribution in [3.63, 3.8) is 0 Å². The Balaban J connectivity index is 3.85. The van der Waals surface area contributed by atoms with Crippen LogP contribution in [0.25, 0.3) is 0 Å². The van der Waals surface area contributed by atoms with Crippen LogP contribution in [0.5, 0.6) is 0 Å². The van der Waals surface area contributed by atoms with Crippen molar-refractivity contribution in [3.05, 3.63) is 0 Å². The molecule has 0 spiro atoms. The Morgan fingerprint density at radius 3 is 2.30 bits per heavy atom. The number of rotatable bonds is 13. The molecule has 0 aliphatic rings. The molecule has 6 heteroatoms. The highest BCUT2D eigenvalue weighted by Crippen LogP contribution is 2.02. The van der Waals surface area contributed by atoms with E-state index in [9.17, 15) is 8.42 Å². The van der Waals surface area contributed by atoms with Crippen molar-refractivity contribution in [2.24, 2.45) is 0 Å². The van der Waals surface area contributed by atoms with E-state index in [4.69, 9.17) is 0 Å². The van der Waals surface area contributed by atoms with E-state index < -0.39 is 10.0 Å². The van der Waals surface area contributed by atoms with Crippen molar-refractivity contribution in [2.75, 3.05) is 39.0 Å². The summed E-state index contributed by atoms with van der Waals surface area (Å²) in [5.74, 6) is 0.231. The molecule has 0 aliphatic heterocycles. The Kier molecular flexibility index (Phi) is 11.4. The number of unbranched alkanes of at least 4 members (excludes halogenated alkanes) is 1. The van der Waals surface area contributed by atoms with E-state index in [-0.39, 0.29) is 11.8 Å². The van der Waals surface area contributed by atoms with Gasteiger partial charge >= 0.3 is 0 Å². The van der Waals surface area contributed by atoms with Gasteiger partial charge in [-0.1, -0.05) is 13.8 Å². The third-order valence-corrected chi connectivity index (χ3v) is 5.06. The van der Waals surface area contributed by atoms with Crippen LogP contribution in [-0.4, -0.2) is 58.3 Å². The third-order valence-electron chi connectivity index (χ3n) is 3.48. The fourth-order valence-corrected chi connectivity index (χ4v) is 3.61. The average molecular weight is 308 g/mol. The zero-order valence-electron chi connectivity index (χ0n) is 13.6. The predicted molar refractivity (Wildman–Crippen MR) is 86.6 cm³/mol. The van der Waals surface area contributed by atoms with Gasteiger partial charge in [0.2, 0.25) is 10.0 Å². The minimum Gasteiger partial charge on any atom is -0.320 e. The lowest BCUT2D eigenvalue weighted by molar-refractivity contribution is 0.293. The lowest BCUT2D eigenvalue weighted by atomic mass is 10.2. The highest BCUT2D eigenvalue weighted by atomic mass is 32.2. The summed E-state index contributed by atoms with van der Waals surface area (Å²) in [5, 5.41) is 3.02. The van der Waals surface area contributed by atoms with Crippen molar-refractivity contribution in [1.29, 1.82) is 0 Å². The summed E-state index contributed by atoms with van der Waals surface area (Å²) < 4.78 is 26.5. The van der Waals surface area contributed by atoms with Crippen LogP contribution < -0.4 is 10.0 Å². The van der Waals surface area contributed by atoms with E-state index in [1.165, 1.54) is 0 Å². The highest BCUT2D eigenvalue weighted by molar-refractivity contribution is 7.89. The number of hydrogen-bond donors (Lipinski definition) is 2. The molecular weight excluding hydrogens is 274 g/mol. The smallest absolute Gasteiger partial charge is 0.211 e. The molecule has 0 rings (SSSR count). The number of nitrogens with one attached hydrogen (secondary N) is 2. The monoisotopic (exact) mass is 307 g/mol. The standard InChI is InChI=1S/C14H33N3O2S/c1-5-17(6-2)12-9-10-14(3)16-20(18,19)13-8-7-11-15-4/h14-16H,5-13H2,1-4H3. The van der Waals surface area contributed by atoms with Gasteiger partial charge in [-0.2, -0.15) is 0 Å². The molecule has 0 aliphatic carbocycles. The van der Waals surface area contributed by atoms with Gasteiger partial charge in [-0.25, -0.2) is 13.1 Å². The van der Waals surface area contributed by atoms with Gasteiger partial charge in [0.15, 0.2) is 0 Å². The van der Waals surface area contributed by atoms with Crippen molar-refractivity contribution in [2.45, 2.75) is 52.5 Å². The maximum atomic E-state index is 11.9. The lowest BCUT2D eigenvalue weighted by Gasteiger charge is -2.19. The maximum absolute atomic E-state index is 11.9. The van der Waals surface area contributed by atoms with Gasteiger partial charge in [0.05, 0.1) is 5.75 Å². The summed E-state index contributed by atoms with van der Waals surface area (Å²) in [6, 6.07) is 0.0277. The zero-order chi connectivity index (χ0) is 15.4. The Hall–Kier alpha value is -0.170. The first-order chi connectivity index (χ1) is 9.45. The van der Waals surface area contributed by atoms with Crippen molar-refractivity contribution in [1.82, 2.24) is 14.9 Å². The van der Waals surface area contributed by atoms with Crippen LogP contribution >= 0.6 is 0 Å². The normalized spacial score (nSPS) is 13.8. The molecule has 0 aromatic heterocycles. The van der Waals surface area contributed by atoms with E-state index in [0.29, 0.717) is 6.42 Å². The van der Waals surface area contributed by atoms with Crippen LogP contribution in [0.15, 0.2) is 0 Å². The van der Waals surface area contributed by atoms with Crippen LogP contribution in [0.2, 0.25) is 0 Å². The van der Waals surface area contributed by atoms with Gasteiger partial charge in [-0.15, -0.1) is 0 Å². The lowest BCUT2D eigenvalue weighted by Crippen LogP contribution is -2.35. The number of nitrogens with zero attached hydrogens (tertiary/aromatic N) is 1. The van der Waals surface area contributed by atoms with Crippen LogP contribution in [0, 0.1) is 0 Å². The Morgan fingerprint density at radius 1 is 1.10 bits per heavy atom. The molecule has 5 nitrogen and oxygen atoms in total. The van der Waals surface area contributed by atoms with Gasteiger partial charge in [0.1, 0.15) is 0 Å². The molecule has 0 amide bonds. The zero-order valence-corrected chi connectivity index (χ0v) is 14.4. The average Bonchev–Trinajstić information content (AvgIpc) is 2.39. The fourth-order valence-electron chi connectivity index (χ4n) is 2.18. The van der Waals surface area contributed by atoms with Gasteiger partial charge in [-0.05, 0) is 65.8 Å². The SMILES string of the molecule is CCN(CC)CCCC(C)NS(=O)(=O)CCCCNC. The van der Waals surface area contributed by atoms with Crippen LogP contribution in [-0.2, 0) is 10.0 Å². The Labute approximate surface area is 125 Å². The molecule has 0 radical (unpaired) electrons. The first-order valence-corrected chi connectivity index (χ1v) is 9.47. The van der Waals surface area contributed by atoms with E-state index in [0.717, 1.165) is 45.4 Å². The minimum atomic E-state index is -3.11. The van der Waals surface area contributed by atoms with Crippen molar-refractivity contribution >= 4 is 10.0 Å². The minimum absolute atomic E-state index is 0.0277. The Morgan fingerprint density at radius 2 is 1.75 bits per heavy atom. The molecule has 0 saturated carbocycles. The predicted octanol–water partition coefficient (Wildman–Crippen LogP) is 1.42. The fraction of sp³-hybridized carbons (Fsp3) is 1.00. The molecule has 0 bridgehead atoms. The molecule has 1 atom stereocenters. The quantitative estimate of drug-likeness (QED) is 0.505. The second kappa shape index (κ2) is 11.5. The van der Waals surface area contributed by atoms with Crippen LogP contribution in [0.3, 0.4) is 0 Å². The summed E-state index contributed by atoms with van der Waals surface area (Å²) in [6.45, 7) is 10.3. The molecule has 122 valence electrons. The molecule has 0 aromatic carbocycles. The number of hydrogen-bond acceptors (Lipinski definition) is 4. The molecule has 0 heterocycles. The summed E-state index contributed by atoms with van der Waals surface area (Å²) in [4.78, 5) is 2.36. The van der Waals surface area contributed by atoms with E-state index in [1.807, 2.05) is 14.0 Å². The summed E-state index contributed by atoms with van der Waals surface area (Å²) in [6.07, 6.45) is 3.54. The molecule has 1 unspecified atom stereocenters. The molecule has 2 N–H and O–H groups in total. The molecule has 0 saturated heterocycles. The topological polar surface area (TPSA) is 61.4 Å². The Bertz CT molecular complexity index is 316. The van der Waals surface area contributed by atoms with Crippen LogP contribution in [0.4, 0.5) is 0 Å². The van der Waals surface area contributed by atoms with E-state index in [2.05, 4.69) is 28.8 Å². The van der Waals surface area contributed by atoms with Gasteiger partial charge in [-0.3, -0.25) is 0 Å². The van der Waals surface area contributed by atoms with Gasteiger partial charge in [0.25, 0.3) is 0 Å². The van der Waals surface area contributed by atoms with Crippen molar-refractivity contribution in [3.8, 4) is 0 Å². The van der Waals surface area contributed by atoms with Crippen LogP contribution in [0.1, 0.15) is 46.5 Å². The number of sulfonamides is 1. The molecular formula is C14H33N3O2S. The van der Waals surface area contributed by atoms with Gasteiger partial charge in [0, 0.05) is 6.04 Å². The summed E-state index contributed by atoms with van der Waals surface area (Å²) in [5.41, 5.74) is 0. The first kappa shape index (κ1) is 19.8. The molecule has 0 fully saturated rings. The van der Waals surface area contributed by atoms with E-state index in [1.54, 1.807) is 0 Å².